The average Bonchev–Trinajstić information content (AvgIpc) is 2.57. The number of hydrogen-bond acceptors (Lipinski definition) is 6. The first-order valence-corrected chi connectivity index (χ1v) is 7.55. The van der Waals surface area contributed by atoms with Gasteiger partial charge in [0.2, 0.25) is 5.91 Å². The van der Waals surface area contributed by atoms with Crippen molar-refractivity contribution < 1.29 is 4.79 Å². The minimum absolute atomic E-state index is 0.246. The summed E-state index contributed by atoms with van der Waals surface area (Å²) in [7, 11) is 0. The highest BCUT2D eigenvalue weighted by Crippen LogP contribution is 2.11. The van der Waals surface area contributed by atoms with E-state index in [4.69, 9.17) is 0 Å². The van der Waals surface area contributed by atoms with Crippen LogP contribution >= 0.6 is 0 Å². The SMILES string of the molecule is O=C(CN1CCNCC1)N1CCN(c2cnccn2)CC1. The number of hydrogen-bond donors (Lipinski definition) is 1. The molecule has 0 spiro atoms. The highest BCUT2D eigenvalue weighted by Gasteiger charge is 2.23. The molecule has 2 aliphatic heterocycles. The average molecular weight is 290 g/mol. The van der Waals surface area contributed by atoms with Crippen molar-refractivity contribution >= 4 is 11.7 Å². The Morgan fingerprint density at radius 1 is 1.10 bits per heavy atom. The van der Waals surface area contributed by atoms with Crippen molar-refractivity contribution in [3.63, 3.8) is 0 Å². The van der Waals surface area contributed by atoms with E-state index in [0.29, 0.717) is 6.54 Å². The lowest BCUT2D eigenvalue weighted by Gasteiger charge is -2.36. The van der Waals surface area contributed by atoms with Crippen molar-refractivity contribution in [3.8, 4) is 0 Å². The van der Waals surface area contributed by atoms with E-state index in [1.165, 1.54) is 0 Å². The van der Waals surface area contributed by atoms with Gasteiger partial charge in [-0.15, -0.1) is 0 Å². The predicted molar refractivity (Wildman–Crippen MR) is 80.1 cm³/mol. The number of aromatic nitrogens is 2. The van der Waals surface area contributed by atoms with Crippen LogP contribution in [0.2, 0.25) is 0 Å². The number of nitrogens with one attached hydrogen (secondary N) is 1. The van der Waals surface area contributed by atoms with Gasteiger partial charge in [-0.2, -0.15) is 0 Å². The van der Waals surface area contributed by atoms with E-state index in [0.717, 1.165) is 58.2 Å². The molecule has 1 aromatic heterocycles. The van der Waals surface area contributed by atoms with Crippen molar-refractivity contribution in [2.24, 2.45) is 0 Å². The highest BCUT2D eigenvalue weighted by molar-refractivity contribution is 5.78. The molecule has 1 N–H and O–H groups in total. The summed E-state index contributed by atoms with van der Waals surface area (Å²) >= 11 is 0. The van der Waals surface area contributed by atoms with Crippen molar-refractivity contribution in [2.75, 3.05) is 63.8 Å². The van der Waals surface area contributed by atoms with Gasteiger partial charge in [-0.3, -0.25) is 14.7 Å². The zero-order valence-corrected chi connectivity index (χ0v) is 12.2. The Kier molecular flexibility index (Phi) is 4.62. The topological polar surface area (TPSA) is 64.6 Å². The second-order valence-corrected chi connectivity index (χ2v) is 5.46. The smallest absolute Gasteiger partial charge is 0.236 e. The third-order valence-corrected chi connectivity index (χ3v) is 4.07. The maximum absolute atomic E-state index is 12.3. The number of rotatable bonds is 3. The van der Waals surface area contributed by atoms with Crippen LogP contribution in [0.3, 0.4) is 0 Å². The van der Waals surface area contributed by atoms with Crippen molar-refractivity contribution in [3.05, 3.63) is 18.6 Å². The van der Waals surface area contributed by atoms with Crippen LogP contribution in [-0.2, 0) is 4.79 Å². The molecule has 0 aliphatic carbocycles. The van der Waals surface area contributed by atoms with Crippen LogP contribution in [-0.4, -0.2) is 84.6 Å². The van der Waals surface area contributed by atoms with Gasteiger partial charge in [-0.25, -0.2) is 4.98 Å². The van der Waals surface area contributed by atoms with Crippen LogP contribution < -0.4 is 10.2 Å². The van der Waals surface area contributed by atoms with E-state index in [-0.39, 0.29) is 5.91 Å². The molecule has 1 aromatic rings. The number of carbonyl (C=O) groups excluding carboxylic acids is 1. The summed E-state index contributed by atoms with van der Waals surface area (Å²) in [6, 6.07) is 0. The summed E-state index contributed by atoms with van der Waals surface area (Å²) < 4.78 is 0. The normalized spacial score (nSPS) is 20.6. The van der Waals surface area contributed by atoms with Crippen LogP contribution in [0.15, 0.2) is 18.6 Å². The molecule has 2 saturated heterocycles. The fourth-order valence-corrected chi connectivity index (χ4v) is 2.80. The minimum atomic E-state index is 0.246. The van der Waals surface area contributed by atoms with Crippen molar-refractivity contribution in [1.82, 2.24) is 25.1 Å². The quantitative estimate of drug-likeness (QED) is 0.773. The third kappa shape index (κ3) is 3.68. The number of piperazine rings is 2. The van der Waals surface area contributed by atoms with Gasteiger partial charge in [0, 0.05) is 64.8 Å². The molecule has 0 unspecified atom stereocenters. The summed E-state index contributed by atoms with van der Waals surface area (Å²) in [5, 5.41) is 3.31. The lowest BCUT2D eigenvalue weighted by atomic mass is 10.3. The largest absolute Gasteiger partial charge is 0.352 e. The van der Waals surface area contributed by atoms with Gasteiger partial charge in [0.05, 0.1) is 12.7 Å². The standard InChI is InChI=1S/C14H22N6O/c21-14(12-18-5-3-15-4-6-18)20-9-7-19(8-10-20)13-11-16-1-2-17-13/h1-2,11,15H,3-10,12H2. The molecule has 7 nitrogen and oxygen atoms in total. The first-order chi connectivity index (χ1) is 10.3. The van der Waals surface area contributed by atoms with Gasteiger partial charge in [-0.1, -0.05) is 0 Å². The number of anilines is 1. The van der Waals surface area contributed by atoms with Crippen molar-refractivity contribution in [2.45, 2.75) is 0 Å². The Bertz CT molecular complexity index is 454. The Morgan fingerprint density at radius 2 is 1.86 bits per heavy atom. The van der Waals surface area contributed by atoms with Gasteiger partial charge in [0.1, 0.15) is 5.82 Å². The lowest BCUT2D eigenvalue weighted by molar-refractivity contribution is -0.132. The van der Waals surface area contributed by atoms with E-state index in [2.05, 4.69) is 25.1 Å². The van der Waals surface area contributed by atoms with E-state index in [9.17, 15) is 4.79 Å². The molecule has 1 amide bonds. The fourth-order valence-electron chi connectivity index (χ4n) is 2.80. The van der Waals surface area contributed by atoms with E-state index < -0.39 is 0 Å². The van der Waals surface area contributed by atoms with Gasteiger partial charge in [-0.05, 0) is 0 Å². The Balaban J connectivity index is 1.47. The van der Waals surface area contributed by atoms with Crippen LogP contribution in [0.1, 0.15) is 0 Å². The zero-order valence-electron chi connectivity index (χ0n) is 12.2. The fraction of sp³-hybridized carbons (Fsp3) is 0.643. The number of nitrogens with zero attached hydrogens (tertiary/aromatic N) is 5. The van der Waals surface area contributed by atoms with Crippen LogP contribution in [0.4, 0.5) is 5.82 Å². The molecule has 0 radical (unpaired) electrons. The maximum Gasteiger partial charge on any atom is 0.236 e. The predicted octanol–water partition coefficient (Wildman–Crippen LogP) is -0.970. The molecule has 0 atom stereocenters. The molecule has 2 fully saturated rings. The second-order valence-electron chi connectivity index (χ2n) is 5.46. The summed E-state index contributed by atoms with van der Waals surface area (Å²) in [6.07, 6.45) is 5.16. The zero-order chi connectivity index (χ0) is 14.5. The first-order valence-electron chi connectivity index (χ1n) is 7.55. The van der Waals surface area contributed by atoms with E-state index in [1.54, 1.807) is 18.6 Å². The molecule has 3 rings (SSSR count). The molecule has 2 aliphatic rings. The van der Waals surface area contributed by atoms with Crippen LogP contribution in [0.25, 0.3) is 0 Å². The molecular weight excluding hydrogens is 268 g/mol. The number of amides is 1. The van der Waals surface area contributed by atoms with Gasteiger partial charge in [0.25, 0.3) is 0 Å². The molecule has 0 bridgehead atoms. The Hall–Kier alpha value is -1.73. The maximum atomic E-state index is 12.3. The summed E-state index contributed by atoms with van der Waals surface area (Å²) in [4.78, 5) is 27.1. The molecular formula is C14H22N6O. The minimum Gasteiger partial charge on any atom is -0.352 e. The van der Waals surface area contributed by atoms with Crippen LogP contribution in [0, 0.1) is 0 Å². The molecule has 0 aromatic carbocycles. The molecule has 21 heavy (non-hydrogen) atoms. The number of carbonyl (C=O) groups is 1. The molecule has 0 saturated carbocycles. The third-order valence-electron chi connectivity index (χ3n) is 4.07. The van der Waals surface area contributed by atoms with Crippen molar-refractivity contribution in [1.29, 1.82) is 0 Å². The Labute approximate surface area is 124 Å². The van der Waals surface area contributed by atoms with Gasteiger partial charge >= 0.3 is 0 Å². The lowest BCUT2D eigenvalue weighted by Crippen LogP contribution is -2.53. The van der Waals surface area contributed by atoms with E-state index >= 15 is 0 Å². The molecule has 114 valence electrons. The van der Waals surface area contributed by atoms with Gasteiger partial charge in [0.15, 0.2) is 0 Å². The highest BCUT2D eigenvalue weighted by atomic mass is 16.2. The van der Waals surface area contributed by atoms with Gasteiger partial charge < -0.3 is 15.1 Å². The summed E-state index contributed by atoms with van der Waals surface area (Å²) in [5.41, 5.74) is 0. The van der Waals surface area contributed by atoms with Crippen LogP contribution in [0.5, 0.6) is 0 Å². The summed E-state index contributed by atoms with van der Waals surface area (Å²) in [6.45, 7) is 7.62. The van der Waals surface area contributed by atoms with E-state index in [1.807, 2.05) is 4.90 Å². The second kappa shape index (κ2) is 6.82. The first kappa shape index (κ1) is 14.2. The monoisotopic (exact) mass is 290 g/mol. The molecule has 3 heterocycles. The Morgan fingerprint density at radius 3 is 2.52 bits per heavy atom. The molecule has 7 heteroatoms. The summed E-state index contributed by atoms with van der Waals surface area (Å²) in [5.74, 6) is 1.14.